The van der Waals surface area contributed by atoms with Crippen molar-refractivity contribution < 1.29 is 0 Å². The molecule has 0 spiro atoms. The molecule has 66 heavy (non-hydrogen) atoms. The molecule has 0 amide bonds. The van der Waals surface area contributed by atoms with E-state index in [-0.39, 0.29) is 0 Å². The van der Waals surface area contributed by atoms with E-state index in [2.05, 4.69) is 179 Å². The molecule has 12 rings (SSSR count). The van der Waals surface area contributed by atoms with Crippen molar-refractivity contribution in [2.45, 2.75) is 25.9 Å². The molecule has 7 nitrogen and oxygen atoms in total. The van der Waals surface area contributed by atoms with E-state index >= 15 is 0 Å². The van der Waals surface area contributed by atoms with Gasteiger partial charge in [0.2, 0.25) is 0 Å². The lowest BCUT2D eigenvalue weighted by Crippen LogP contribution is -2.08. The van der Waals surface area contributed by atoms with Crippen LogP contribution in [0.1, 0.15) is 11.1 Å². The van der Waals surface area contributed by atoms with Crippen molar-refractivity contribution in [3.05, 3.63) is 224 Å². The number of nitrogens with zero attached hydrogens (tertiary/aromatic N) is 7. The summed E-state index contributed by atoms with van der Waals surface area (Å²) in [5.41, 5.74) is 13.9. The lowest BCUT2D eigenvalue weighted by Gasteiger charge is -2.18. The molecule has 0 N–H and O–H groups in total. The first kappa shape index (κ1) is 39.1. The van der Waals surface area contributed by atoms with Crippen molar-refractivity contribution in [1.82, 2.24) is 34.1 Å². The highest BCUT2D eigenvalue weighted by molar-refractivity contribution is 6.09. The summed E-state index contributed by atoms with van der Waals surface area (Å²) in [4.78, 5) is 25.9. The third-order valence-electron chi connectivity index (χ3n) is 12.9. The number of aromatic nitrogens is 7. The Bertz CT molecular complexity index is 3380. The second-order valence-electron chi connectivity index (χ2n) is 16.6. The largest absolute Gasteiger partial charge is 0.340 e. The van der Waals surface area contributed by atoms with Crippen LogP contribution in [0, 0.1) is 0 Å². The highest BCUT2D eigenvalue weighted by atomic mass is 15.0. The maximum atomic E-state index is 5.50. The first-order chi connectivity index (χ1) is 32.8. The van der Waals surface area contributed by atoms with Gasteiger partial charge < -0.3 is 9.13 Å². The lowest BCUT2D eigenvalue weighted by atomic mass is 9.94. The molecule has 12 aromatic rings. The van der Waals surface area contributed by atoms with E-state index in [1.807, 2.05) is 42.7 Å². The molecule has 7 heteroatoms. The molecule has 5 aromatic heterocycles. The van der Waals surface area contributed by atoms with Gasteiger partial charge in [0.05, 0.1) is 11.4 Å². The molecule has 0 radical (unpaired) electrons. The van der Waals surface area contributed by atoms with Gasteiger partial charge in [-0.15, -0.1) is 0 Å². The number of hydrogen-bond acceptors (Lipinski definition) is 5. The fourth-order valence-electron chi connectivity index (χ4n) is 9.92. The van der Waals surface area contributed by atoms with Crippen LogP contribution in [0.2, 0.25) is 0 Å². The zero-order chi connectivity index (χ0) is 43.8. The average Bonchev–Trinajstić information content (AvgIpc) is 3.89. The molecule has 0 atom stereocenters. The van der Waals surface area contributed by atoms with Crippen molar-refractivity contribution in [2.75, 3.05) is 0 Å². The Morgan fingerprint density at radius 2 is 0.667 bits per heavy atom. The number of hydrogen-bond donors (Lipinski definition) is 0. The molecule has 0 saturated carbocycles. The standard InChI is InChI=1S/C59H43N7/c1-2-18-40(19-3-1)57-62-58(49-26-16-24-43(51-28-12-14-36-60-51)41(49)34-38-65-53-30-8-4-20-45(53)46-21-5-9-31-54(46)65)64-59(63-57)50-27-17-25-44(52-29-13-15-37-61-52)42(50)35-39-66-55-32-10-6-22-47(55)48-23-7-11-33-56(48)66/h1-33,36-37H,34-35,38-39H2. The summed E-state index contributed by atoms with van der Waals surface area (Å²) in [6.07, 6.45) is 5.16. The van der Waals surface area contributed by atoms with E-state index in [9.17, 15) is 0 Å². The van der Waals surface area contributed by atoms with Gasteiger partial charge >= 0.3 is 0 Å². The first-order valence-corrected chi connectivity index (χ1v) is 22.6. The molecule has 0 unspecified atom stereocenters. The highest BCUT2D eigenvalue weighted by Gasteiger charge is 2.22. The molecular formula is C59H43N7. The van der Waals surface area contributed by atoms with Gasteiger partial charge in [0, 0.05) is 96.9 Å². The minimum absolute atomic E-state index is 0.615. The topological polar surface area (TPSA) is 74.3 Å². The first-order valence-electron chi connectivity index (χ1n) is 22.6. The molecule has 0 bridgehead atoms. The Hall–Kier alpha value is -8.55. The van der Waals surface area contributed by atoms with Crippen molar-refractivity contribution in [2.24, 2.45) is 0 Å². The van der Waals surface area contributed by atoms with Gasteiger partial charge in [-0.05, 0) is 72.5 Å². The van der Waals surface area contributed by atoms with E-state index < -0.39 is 0 Å². The third-order valence-corrected chi connectivity index (χ3v) is 12.9. The van der Waals surface area contributed by atoms with Crippen molar-refractivity contribution in [3.8, 4) is 56.7 Å². The van der Waals surface area contributed by atoms with Gasteiger partial charge in [0.15, 0.2) is 17.5 Å². The minimum Gasteiger partial charge on any atom is -0.340 e. The quantitative estimate of drug-likeness (QED) is 0.130. The fourth-order valence-corrected chi connectivity index (χ4v) is 9.92. The predicted octanol–water partition coefficient (Wildman–Crippen LogP) is 13.7. The zero-order valence-electron chi connectivity index (χ0n) is 36.2. The van der Waals surface area contributed by atoms with Crippen LogP contribution >= 0.6 is 0 Å². The van der Waals surface area contributed by atoms with E-state index in [1.165, 1.54) is 43.6 Å². The Morgan fingerprint density at radius 1 is 0.303 bits per heavy atom. The predicted molar refractivity (Wildman–Crippen MR) is 269 cm³/mol. The van der Waals surface area contributed by atoms with Crippen LogP contribution in [-0.2, 0) is 25.9 Å². The number of para-hydroxylation sites is 4. The molecule has 0 aliphatic carbocycles. The minimum atomic E-state index is 0.615. The maximum Gasteiger partial charge on any atom is 0.164 e. The van der Waals surface area contributed by atoms with Gasteiger partial charge in [-0.25, -0.2) is 15.0 Å². The monoisotopic (exact) mass is 849 g/mol. The van der Waals surface area contributed by atoms with Gasteiger partial charge in [0.1, 0.15) is 0 Å². The number of pyridine rings is 2. The summed E-state index contributed by atoms with van der Waals surface area (Å²) in [5, 5.41) is 5.01. The summed E-state index contributed by atoms with van der Waals surface area (Å²) >= 11 is 0. The highest BCUT2D eigenvalue weighted by Crippen LogP contribution is 2.38. The van der Waals surface area contributed by atoms with Crippen LogP contribution in [0.4, 0.5) is 0 Å². The Kier molecular flexibility index (Phi) is 9.98. The fraction of sp³-hybridized carbons (Fsp3) is 0.0678. The van der Waals surface area contributed by atoms with E-state index in [0.29, 0.717) is 30.3 Å². The lowest BCUT2D eigenvalue weighted by molar-refractivity contribution is 0.745. The van der Waals surface area contributed by atoms with Crippen molar-refractivity contribution in [1.29, 1.82) is 0 Å². The van der Waals surface area contributed by atoms with E-state index in [0.717, 1.165) is 63.4 Å². The zero-order valence-corrected chi connectivity index (χ0v) is 36.2. The maximum absolute atomic E-state index is 5.50. The third kappa shape index (κ3) is 6.98. The normalized spacial score (nSPS) is 11.6. The van der Waals surface area contributed by atoms with Gasteiger partial charge in [-0.3, -0.25) is 9.97 Å². The second kappa shape index (κ2) is 16.9. The van der Waals surface area contributed by atoms with Crippen LogP contribution in [0.3, 0.4) is 0 Å². The van der Waals surface area contributed by atoms with Crippen molar-refractivity contribution >= 4 is 43.6 Å². The number of rotatable bonds is 11. The summed E-state index contributed by atoms with van der Waals surface area (Å²) in [6.45, 7) is 1.49. The molecule has 0 aliphatic rings. The van der Waals surface area contributed by atoms with Gasteiger partial charge in [-0.2, -0.15) is 0 Å². The molecular weight excluding hydrogens is 807 g/mol. The molecule has 0 aliphatic heterocycles. The van der Waals surface area contributed by atoms with Crippen LogP contribution in [0.15, 0.2) is 213 Å². The number of benzene rings is 7. The van der Waals surface area contributed by atoms with Crippen LogP contribution in [0.5, 0.6) is 0 Å². The summed E-state index contributed by atoms with van der Waals surface area (Å²) in [7, 11) is 0. The Balaban J connectivity index is 1.04. The Labute approximate surface area is 382 Å². The molecule has 314 valence electrons. The van der Waals surface area contributed by atoms with Gasteiger partial charge in [0.25, 0.3) is 0 Å². The van der Waals surface area contributed by atoms with E-state index in [1.54, 1.807) is 0 Å². The SMILES string of the molecule is c1ccc(-c2nc(-c3cccc(-c4ccccn4)c3CCn3c4ccccc4c4ccccc43)nc(-c3cccc(-c4ccccn4)c3CCn3c4ccccc4c4ccccc43)n2)cc1. The molecule has 5 heterocycles. The Morgan fingerprint density at radius 3 is 1.08 bits per heavy atom. The molecule has 0 fully saturated rings. The summed E-state index contributed by atoms with van der Waals surface area (Å²) in [6, 6.07) is 70.1. The van der Waals surface area contributed by atoms with Crippen LogP contribution < -0.4 is 0 Å². The molecule has 0 saturated heterocycles. The molecule has 7 aromatic carbocycles. The van der Waals surface area contributed by atoms with Crippen LogP contribution in [-0.4, -0.2) is 34.1 Å². The van der Waals surface area contributed by atoms with Gasteiger partial charge in [-0.1, -0.05) is 152 Å². The van der Waals surface area contributed by atoms with Crippen molar-refractivity contribution in [3.63, 3.8) is 0 Å². The second-order valence-corrected chi connectivity index (χ2v) is 16.6. The summed E-state index contributed by atoms with van der Waals surface area (Å²) in [5.74, 6) is 1.85. The number of fused-ring (bicyclic) bond motifs is 6. The van der Waals surface area contributed by atoms with E-state index in [4.69, 9.17) is 24.9 Å². The average molecular weight is 850 g/mol. The van der Waals surface area contributed by atoms with Crippen LogP contribution in [0.25, 0.3) is 100 Å². The summed E-state index contributed by atoms with van der Waals surface area (Å²) < 4.78 is 4.90. The number of aryl methyl sites for hydroxylation is 2. The smallest absolute Gasteiger partial charge is 0.164 e.